The first-order valence-corrected chi connectivity index (χ1v) is 4.71. The quantitative estimate of drug-likeness (QED) is 0.666. The van der Waals surface area contributed by atoms with E-state index in [-0.39, 0.29) is 5.56 Å². The predicted molar refractivity (Wildman–Crippen MR) is 57.5 cm³/mol. The Morgan fingerprint density at radius 1 is 1.31 bits per heavy atom. The first kappa shape index (κ1) is 8.84. The van der Waals surface area contributed by atoms with Crippen molar-refractivity contribution in [2.75, 3.05) is 0 Å². The van der Waals surface area contributed by atoms with Gasteiger partial charge in [-0.3, -0.25) is 9.38 Å². The van der Waals surface area contributed by atoms with Gasteiger partial charge < -0.3 is 5.11 Å². The van der Waals surface area contributed by atoms with Crippen molar-refractivity contribution in [2.45, 2.75) is 0 Å². The molecule has 0 radical (unpaired) electrons. The molecule has 0 unspecified atom stereocenters. The van der Waals surface area contributed by atoms with Gasteiger partial charge in [0.05, 0.1) is 22.8 Å². The number of imidazole rings is 1. The molecule has 0 saturated heterocycles. The van der Waals surface area contributed by atoms with Crippen LogP contribution in [0.2, 0.25) is 0 Å². The lowest BCUT2D eigenvalue weighted by Gasteiger charge is -2.01. The van der Waals surface area contributed by atoms with Gasteiger partial charge >= 0.3 is 5.97 Å². The highest BCUT2D eigenvalue weighted by atomic mass is 16.4. The zero-order valence-electron chi connectivity index (χ0n) is 8.16. The van der Waals surface area contributed by atoms with Gasteiger partial charge in [-0.05, 0) is 18.2 Å². The molecule has 0 spiro atoms. The van der Waals surface area contributed by atoms with Crippen LogP contribution in [-0.2, 0) is 0 Å². The van der Waals surface area contributed by atoms with E-state index in [1.807, 2.05) is 10.6 Å². The number of hydrogen-bond acceptors (Lipinski definition) is 3. The minimum absolute atomic E-state index is 0.236. The number of rotatable bonds is 1. The molecule has 0 bridgehead atoms. The SMILES string of the molecule is O=C(O)c1ccc2c(c1)ncc1nccn12. The summed E-state index contributed by atoms with van der Waals surface area (Å²) < 4.78 is 1.87. The van der Waals surface area contributed by atoms with Crippen molar-refractivity contribution in [2.24, 2.45) is 0 Å². The van der Waals surface area contributed by atoms with Gasteiger partial charge in [0.15, 0.2) is 5.65 Å². The maximum absolute atomic E-state index is 10.8. The van der Waals surface area contributed by atoms with E-state index in [2.05, 4.69) is 9.97 Å². The molecule has 0 fully saturated rings. The summed E-state index contributed by atoms with van der Waals surface area (Å²) in [6.45, 7) is 0. The van der Waals surface area contributed by atoms with Crippen LogP contribution in [-0.4, -0.2) is 25.4 Å². The monoisotopic (exact) mass is 213 g/mol. The summed E-state index contributed by atoms with van der Waals surface area (Å²) in [7, 11) is 0. The standard InChI is InChI=1S/C11H7N3O2/c15-11(16)7-1-2-9-8(5-7)13-6-10-12-3-4-14(9)10/h1-6H,(H,15,16). The molecular weight excluding hydrogens is 206 g/mol. The van der Waals surface area contributed by atoms with Gasteiger partial charge in [-0.25, -0.2) is 9.78 Å². The van der Waals surface area contributed by atoms with Gasteiger partial charge in [-0.15, -0.1) is 0 Å². The summed E-state index contributed by atoms with van der Waals surface area (Å²) in [5, 5.41) is 8.87. The number of benzene rings is 1. The van der Waals surface area contributed by atoms with E-state index >= 15 is 0 Å². The van der Waals surface area contributed by atoms with Crippen molar-refractivity contribution in [1.29, 1.82) is 0 Å². The number of hydrogen-bond donors (Lipinski definition) is 1. The topological polar surface area (TPSA) is 67.5 Å². The van der Waals surface area contributed by atoms with Crippen molar-refractivity contribution in [3.63, 3.8) is 0 Å². The fraction of sp³-hybridized carbons (Fsp3) is 0. The van der Waals surface area contributed by atoms with Crippen LogP contribution in [0.5, 0.6) is 0 Å². The molecule has 0 aliphatic carbocycles. The number of nitrogens with zero attached hydrogens (tertiary/aromatic N) is 3. The highest BCUT2D eigenvalue weighted by Gasteiger charge is 2.06. The maximum Gasteiger partial charge on any atom is 0.335 e. The van der Waals surface area contributed by atoms with E-state index in [0.717, 1.165) is 11.2 Å². The van der Waals surface area contributed by atoms with Crippen LogP contribution in [0, 0.1) is 0 Å². The molecule has 5 heteroatoms. The zero-order valence-corrected chi connectivity index (χ0v) is 8.16. The van der Waals surface area contributed by atoms with Crippen molar-refractivity contribution in [3.05, 3.63) is 42.4 Å². The van der Waals surface area contributed by atoms with E-state index in [4.69, 9.17) is 5.11 Å². The summed E-state index contributed by atoms with van der Waals surface area (Å²) in [4.78, 5) is 19.1. The molecule has 3 rings (SSSR count). The molecule has 0 amide bonds. The number of aromatic nitrogens is 3. The lowest BCUT2D eigenvalue weighted by molar-refractivity contribution is 0.0697. The summed E-state index contributed by atoms with van der Waals surface area (Å²) in [6.07, 6.45) is 5.12. The van der Waals surface area contributed by atoms with Crippen LogP contribution in [0.15, 0.2) is 36.8 Å². The molecule has 2 aromatic heterocycles. The van der Waals surface area contributed by atoms with Crippen LogP contribution in [0.25, 0.3) is 16.7 Å². The molecule has 0 aliphatic heterocycles. The molecule has 0 saturated carbocycles. The van der Waals surface area contributed by atoms with Crippen LogP contribution in [0.1, 0.15) is 10.4 Å². The minimum atomic E-state index is -0.950. The van der Waals surface area contributed by atoms with Crippen molar-refractivity contribution in [1.82, 2.24) is 14.4 Å². The fourth-order valence-electron chi connectivity index (χ4n) is 1.71. The van der Waals surface area contributed by atoms with Gasteiger partial charge in [-0.2, -0.15) is 0 Å². The molecule has 1 N–H and O–H groups in total. The number of aromatic carboxylic acids is 1. The molecule has 3 aromatic rings. The average Bonchev–Trinajstić information content (AvgIpc) is 2.76. The van der Waals surface area contributed by atoms with Gasteiger partial charge in [-0.1, -0.05) is 0 Å². The predicted octanol–water partition coefficient (Wildman–Crippen LogP) is 1.58. The van der Waals surface area contributed by atoms with E-state index in [9.17, 15) is 4.79 Å². The molecule has 5 nitrogen and oxygen atoms in total. The summed E-state index contributed by atoms with van der Waals surface area (Å²) in [6, 6.07) is 4.85. The van der Waals surface area contributed by atoms with E-state index in [0.29, 0.717) is 5.52 Å². The Labute approximate surface area is 90.0 Å². The lowest BCUT2D eigenvalue weighted by atomic mass is 10.2. The molecule has 1 aromatic carbocycles. The third-order valence-corrected chi connectivity index (χ3v) is 2.47. The van der Waals surface area contributed by atoms with Crippen molar-refractivity contribution >= 4 is 22.6 Å². The van der Waals surface area contributed by atoms with Crippen LogP contribution in [0.3, 0.4) is 0 Å². The fourth-order valence-corrected chi connectivity index (χ4v) is 1.71. The van der Waals surface area contributed by atoms with Gasteiger partial charge in [0.1, 0.15) is 0 Å². The number of carbonyl (C=O) groups is 1. The number of fused-ring (bicyclic) bond motifs is 3. The molecule has 0 aliphatic rings. The third kappa shape index (κ3) is 1.15. The summed E-state index contributed by atoms with van der Waals surface area (Å²) in [5.74, 6) is -0.950. The van der Waals surface area contributed by atoms with Gasteiger partial charge in [0.25, 0.3) is 0 Å². The molecule has 2 heterocycles. The molecule has 16 heavy (non-hydrogen) atoms. The first-order chi connectivity index (χ1) is 7.75. The highest BCUT2D eigenvalue weighted by Crippen LogP contribution is 2.15. The van der Waals surface area contributed by atoms with E-state index in [1.54, 1.807) is 30.6 Å². The Kier molecular flexibility index (Phi) is 1.67. The van der Waals surface area contributed by atoms with Crippen molar-refractivity contribution in [3.8, 4) is 0 Å². The zero-order chi connectivity index (χ0) is 11.1. The van der Waals surface area contributed by atoms with E-state index < -0.39 is 5.97 Å². The normalized spacial score (nSPS) is 11.0. The molecular formula is C11H7N3O2. The smallest absolute Gasteiger partial charge is 0.335 e. The second kappa shape index (κ2) is 3.03. The van der Waals surface area contributed by atoms with Gasteiger partial charge in [0.2, 0.25) is 0 Å². The number of carboxylic acids is 1. The van der Waals surface area contributed by atoms with Gasteiger partial charge in [0, 0.05) is 12.4 Å². The van der Waals surface area contributed by atoms with Crippen LogP contribution < -0.4 is 0 Å². The largest absolute Gasteiger partial charge is 0.478 e. The Bertz CT molecular complexity index is 703. The molecule has 0 atom stereocenters. The minimum Gasteiger partial charge on any atom is -0.478 e. The first-order valence-electron chi connectivity index (χ1n) is 4.71. The second-order valence-electron chi connectivity index (χ2n) is 3.42. The third-order valence-electron chi connectivity index (χ3n) is 2.47. The Hall–Kier alpha value is -2.43. The Morgan fingerprint density at radius 2 is 2.19 bits per heavy atom. The highest BCUT2D eigenvalue weighted by molar-refractivity contribution is 5.92. The van der Waals surface area contributed by atoms with Crippen molar-refractivity contribution < 1.29 is 9.90 Å². The Balaban J connectivity index is 2.41. The lowest BCUT2D eigenvalue weighted by Crippen LogP contribution is -1.97. The Morgan fingerprint density at radius 3 is 3.00 bits per heavy atom. The summed E-state index contributed by atoms with van der Waals surface area (Å²) >= 11 is 0. The summed E-state index contributed by atoms with van der Waals surface area (Å²) in [5.41, 5.74) is 2.47. The van der Waals surface area contributed by atoms with E-state index in [1.165, 1.54) is 0 Å². The second-order valence-corrected chi connectivity index (χ2v) is 3.42. The molecule has 78 valence electrons. The van der Waals surface area contributed by atoms with Crippen LogP contribution in [0.4, 0.5) is 0 Å². The number of carboxylic acid groups (broad SMARTS) is 1. The average molecular weight is 213 g/mol. The van der Waals surface area contributed by atoms with Crippen LogP contribution >= 0.6 is 0 Å². The maximum atomic E-state index is 10.8.